The summed E-state index contributed by atoms with van der Waals surface area (Å²) in [6, 6.07) is 10.7. The van der Waals surface area contributed by atoms with Crippen molar-refractivity contribution in [3.8, 4) is 0 Å². The number of hydrogen-bond donors (Lipinski definition) is 2. The minimum atomic E-state index is 0.188. The van der Waals surface area contributed by atoms with Gasteiger partial charge in [-0.05, 0) is 31.4 Å². The molecule has 2 fully saturated rings. The number of fused-ring (bicyclic) bond motifs is 1. The molecular formula is C25H32N6O. The fourth-order valence-electron chi connectivity index (χ4n) is 4.95. The second-order valence-corrected chi connectivity index (χ2v) is 9.07. The van der Waals surface area contributed by atoms with Gasteiger partial charge >= 0.3 is 0 Å². The van der Waals surface area contributed by atoms with E-state index in [0.29, 0.717) is 12.5 Å². The third-order valence-corrected chi connectivity index (χ3v) is 6.75. The van der Waals surface area contributed by atoms with E-state index in [1.807, 2.05) is 36.2 Å². The van der Waals surface area contributed by atoms with E-state index >= 15 is 0 Å². The summed E-state index contributed by atoms with van der Waals surface area (Å²) < 4.78 is 0. The molecule has 1 saturated carbocycles. The Morgan fingerprint density at radius 2 is 1.88 bits per heavy atom. The Morgan fingerprint density at radius 1 is 1.09 bits per heavy atom. The maximum Gasteiger partial charge on any atom is 0.227 e. The van der Waals surface area contributed by atoms with E-state index in [1.54, 1.807) is 0 Å². The molecule has 0 radical (unpaired) electrons. The fraction of sp³-hybridized carbons (Fsp3) is 0.480. The van der Waals surface area contributed by atoms with Crippen molar-refractivity contribution >= 4 is 28.6 Å². The molecule has 2 N–H and O–H groups in total. The summed E-state index contributed by atoms with van der Waals surface area (Å²) in [7, 11) is 0. The predicted octanol–water partition coefficient (Wildman–Crippen LogP) is 3.90. The van der Waals surface area contributed by atoms with E-state index in [0.717, 1.165) is 60.1 Å². The topological polar surface area (TPSA) is 77.2 Å². The summed E-state index contributed by atoms with van der Waals surface area (Å²) in [5.74, 6) is 1.89. The first-order valence-electron chi connectivity index (χ1n) is 11.9. The molecule has 2 aromatic heterocycles. The van der Waals surface area contributed by atoms with Crippen LogP contribution >= 0.6 is 0 Å². The van der Waals surface area contributed by atoms with Crippen LogP contribution in [0.5, 0.6) is 0 Å². The number of anilines is 2. The number of rotatable bonds is 5. The highest BCUT2D eigenvalue weighted by Gasteiger charge is 2.23. The summed E-state index contributed by atoms with van der Waals surface area (Å²) in [5, 5.41) is 4.68. The van der Waals surface area contributed by atoms with Crippen LogP contribution in [0.2, 0.25) is 0 Å². The monoisotopic (exact) mass is 432 g/mol. The smallest absolute Gasteiger partial charge is 0.227 e. The number of H-pyrrole nitrogens is 1. The van der Waals surface area contributed by atoms with Crippen molar-refractivity contribution in [3.63, 3.8) is 0 Å². The van der Waals surface area contributed by atoms with Crippen LogP contribution in [0.3, 0.4) is 0 Å². The lowest BCUT2D eigenvalue weighted by atomic mass is 9.96. The van der Waals surface area contributed by atoms with Gasteiger partial charge in [0.1, 0.15) is 5.82 Å². The summed E-state index contributed by atoms with van der Waals surface area (Å²) in [6.07, 6.45) is 8.69. The van der Waals surface area contributed by atoms with Gasteiger partial charge < -0.3 is 20.1 Å². The molecule has 32 heavy (non-hydrogen) atoms. The van der Waals surface area contributed by atoms with Gasteiger partial charge in [-0.25, -0.2) is 4.98 Å². The number of aromatic amines is 1. The molecule has 5 rings (SSSR count). The van der Waals surface area contributed by atoms with Gasteiger partial charge in [-0.3, -0.25) is 4.79 Å². The van der Waals surface area contributed by atoms with Gasteiger partial charge in [-0.1, -0.05) is 37.5 Å². The zero-order valence-electron chi connectivity index (χ0n) is 18.8. The van der Waals surface area contributed by atoms with E-state index < -0.39 is 0 Å². The molecule has 1 saturated heterocycles. The maximum atomic E-state index is 12.9. The van der Waals surface area contributed by atoms with Gasteiger partial charge in [-0.2, -0.15) is 4.98 Å². The number of piperazine rings is 1. The summed E-state index contributed by atoms with van der Waals surface area (Å²) in [5.41, 5.74) is 3.13. The molecule has 0 unspecified atom stereocenters. The SMILES string of the molecule is Cc1cc(N2CCN(C(=O)Cc3c[nH]c4ccccc34)CC2)nc(NC2CCCCC2)n1. The average Bonchev–Trinajstić information content (AvgIpc) is 3.22. The predicted molar refractivity (Wildman–Crippen MR) is 128 cm³/mol. The van der Waals surface area contributed by atoms with Crippen LogP contribution < -0.4 is 10.2 Å². The standard InChI is InChI=1S/C25H32N6O/c1-18-15-23(29-25(27-18)28-20-7-3-2-4-8-20)30-11-13-31(14-12-30)24(32)16-19-17-26-22-10-6-5-9-21(19)22/h5-6,9-10,15,17,20,26H,2-4,7-8,11-14,16H2,1H3,(H,27,28,29). The fourth-order valence-corrected chi connectivity index (χ4v) is 4.95. The highest BCUT2D eigenvalue weighted by molar-refractivity contribution is 5.89. The number of aryl methyl sites for hydroxylation is 1. The molecule has 3 aromatic rings. The lowest BCUT2D eigenvalue weighted by molar-refractivity contribution is -0.130. The number of hydrogen-bond acceptors (Lipinski definition) is 5. The Hall–Kier alpha value is -3.09. The van der Waals surface area contributed by atoms with Crippen LogP contribution in [0, 0.1) is 6.92 Å². The molecule has 1 amide bonds. The number of carbonyl (C=O) groups is 1. The van der Waals surface area contributed by atoms with Gasteiger partial charge in [0.25, 0.3) is 0 Å². The highest BCUT2D eigenvalue weighted by Crippen LogP contribution is 2.23. The van der Waals surface area contributed by atoms with Gasteiger partial charge in [0.05, 0.1) is 6.42 Å². The number of para-hydroxylation sites is 1. The molecular weight excluding hydrogens is 400 g/mol. The second kappa shape index (κ2) is 9.18. The molecule has 7 heteroatoms. The Kier molecular flexibility index (Phi) is 5.97. The maximum absolute atomic E-state index is 12.9. The third-order valence-electron chi connectivity index (χ3n) is 6.75. The van der Waals surface area contributed by atoms with Crippen molar-refractivity contribution in [3.05, 3.63) is 47.8 Å². The highest BCUT2D eigenvalue weighted by atomic mass is 16.2. The lowest BCUT2D eigenvalue weighted by Crippen LogP contribution is -2.49. The van der Waals surface area contributed by atoms with Crippen LogP contribution in [0.15, 0.2) is 36.5 Å². The Morgan fingerprint density at radius 3 is 2.69 bits per heavy atom. The summed E-state index contributed by atoms with van der Waals surface area (Å²) in [6.45, 7) is 5.04. The van der Waals surface area contributed by atoms with Crippen molar-refractivity contribution in [2.45, 2.75) is 51.5 Å². The molecule has 7 nitrogen and oxygen atoms in total. The first-order chi connectivity index (χ1) is 15.7. The first kappa shape index (κ1) is 20.8. The Balaban J connectivity index is 1.20. The first-order valence-corrected chi connectivity index (χ1v) is 11.9. The number of benzene rings is 1. The minimum absolute atomic E-state index is 0.188. The van der Waals surface area contributed by atoms with Gasteiger partial charge in [0.15, 0.2) is 0 Å². The van der Waals surface area contributed by atoms with Gasteiger partial charge in [0.2, 0.25) is 11.9 Å². The van der Waals surface area contributed by atoms with Crippen molar-refractivity contribution in [2.75, 3.05) is 36.4 Å². The van der Waals surface area contributed by atoms with Crippen LogP contribution in [-0.4, -0.2) is 58.0 Å². The van der Waals surface area contributed by atoms with Crippen molar-refractivity contribution in [1.82, 2.24) is 19.9 Å². The van der Waals surface area contributed by atoms with Crippen LogP contribution in [0.1, 0.15) is 43.4 Å². The van der Waals surface area contributed by atoms with Gasteiger partial charge in [-0.15, -0.1) is 0 Å². The zero-order valence-corrected chi connectivity index (χ0v) is 18.8. The second-order valence-electron chi connectivity index (χ2n) is 9.07. The van der Waals surface area contributed by atoms with E-state index in [2.05, 4.69) is 32.3 Å². The number of aromatic nitrogens is 3. The number of amides is 1. The number of carbonyl (C=O) groups excluding carboxylic acids is 1. The minimum Gasteiger partial charge on any atom is -0.361 e. The molecule has 0 atom stereocenters. The number of nitrogens with zero attached hydrogens (tertiary/aromatic N) is 4. The van der Waals surface area contributed by atoms with E-state index in [9.17, 15) is 4.79 Å². The molecule has 0 spiro atoms. The number of nitrogens with one attached hydrogen (secondary N) is 2. The molecule has 1 aliphatic carbocycles. The van der Waals surface area contributed by atoms with Crippen LogP contribution in [0.25, 0.3) is 10.9 Å². The van der Waals surface area contributed by atoms with Crippen molar-refractivity contribution < 1.29 is 4.79 Å². The van der Waals surface area contributed by atoms with Crippen LogP contribution in [-0.2, 0) is 11.2 Å². The van der Waals surface area contributed by atoms with E-state index in [1.165, 1.54) is 32.1 Å². The summed E-state index contributed by atoms with van der Waals surface area (Å²) >= 11 is 0. The van der Waals surface area contributed by atoms with Gasteiger partial charge in [0, 0.05) is 61.1 Å². The molecule has 3 heterocycles. The lowest BCUT2D eigenvalue weighted by Gasteiger charge is -2.35. The van der Waals surface area contributed by atoms with Crippen LogP contribution in [0.4, 0.5) is 11.8 Å². The molecule has 2 aliphatic rings. The normalized spacial score (nSPS) is 17.7. The van der Waals surface area contributed by atoms with E-state index in [4.69, 9.17) is 4.98 Å². The zero-order chi connectivity index (χ0) is 21.9. The Labute approximate surface area is 189 Å². The van der Waals surface area contributed by atoms with Crippen molar-refractivity contribution in [2.24, 2.45) is 0 Å². The Bertz CT molecular complexity index is 1080. The molecule has 168 valence electrons. The molecule has 1 aromatic carbocycles. The van der Waals surface area contributed by atoms with E-state index in [-0.39, 0.29) is 5.91 Å². The summed E-state index contributed by atoms with van der Waals surface area (Å²) in [4.78, 5) is 29.9. The average molecular weight is 433 g/mol. The molecule has 0 bridgehead atoms. The third kappa shape index (κ3) is 4.56. The van der Waals surface area contributed by atoms with Crippen molar-refractivity contribution in [1.29, 1.82) is 0 Å². The quantitative estimate of drug-likeness (QED) is 0.639. The molecule has 1 aliphatic heterocycles. The largest absolute Gasteiger partial charge is 0.361 e.